The molecule has 1 aliphatic rings. The molecule has 1 aromatic carbocycles. The number of hydrogen-bond donors (Lipinski definition) is 4. The Balaban J connectivity index is 1.75. The fourth-order valence-electron chi connectivity index (χ4n) is 3.45. The van der Waals surface area contributed by atoms with Crippen LogP contribution in [0.4, 0.5) is 5.69 Å². The molecule has 5 rings (SSSR count). The summed E-state index contributed by atoms with van der Waals surface area (Å²) in [5.74, 6) is -0.485. The molecule has 31 heavy (non-hydrogen) atoms. The third-order valence-corrected chi connectivity index (χ3v) is 7.94. The Morgan fingerprint density at radius 1 is 1.16 bits per heavy atom. The zero-order valence-corrected chi connectivity index (χ0v) is 18.1. The maximum Gasteiger partial charge on any atom is 0.267 e. The Hall–Kier alpha value is -2.89. The van der Waals surface area contributed by atoms with Gasteiger partial charge >= 0.3 is 0 Å². The van der Waals surface area contributed by atoms with Crippen LogP contribution < -0.4 is 10.9 Å². The van der Waals surface area contributed by atoms with Gasteiger partial charge in [-0.25, -0.2) is 4.98 Å². The first kappa shape index (κ1) is 20.0. The molecular formula is C20H15ClN4O4S2. The molecule has 0 saturated carbocycles. The first-order valence-electron chi connectivity index (χ1n) is 9.04. The molecule has 4 N–H and O–H groups in total. The lowest BCUT2D eigenvalue weighted by molar-refractivity contribution is 0.477. The summed E-state index contributed by atoms with van der Waals surface area (Å²) in [7, 11) is -3.59. The van der Waals surface area contributed by atoms with Gasteiger partial charge in [-0.15, -0.1) is 15.7 Å². The molecule has 4 aromatic rings. The van der Waals surface area contributed by atoms with E-state index in [2.05, 4.69) is 14.7 Å². The van der Waals surface area contributed by atoms with Crippen molar-refractivity contribution in [3.8, 4) is 5.75 Å². The average molecular weight is 475 g/mol. The number of halogens is 1. The molecule has 0 unspecified atom stereocenters. The maximum atomic E-state index is 13.5. The molecule has 0 aliphatic carbocycles. The van der Waals surface area contributed by atoms with Crippen molar-refractivity contribution in [3.05, 3.63) is 80.5 Å². The first-order chi connectivity index (χ1) is 14.8. The van der Waals surface area contributed by atoms with Crippen LogP contribution >= 0.6 is 33.7 Å². The summed E-state index contributed by atoms with van der Waals surface area (Å²) in [5, 5.41) is 14.2. The third-order valence-electron chi connectivity index (χ3n) is 4.80. The van der Waals surface area contributed by atoms with E-state index in [1.165, 1.54) is 16.8 Å². The van der Waals surface area contributed by atoms with Crippen molar-refractivity contribution in [3.63, 3.8) is 0 Å². The number of aromatic hydroxyl groups is 1. The number of anilines is 1. The highest BCUT2D eigenvalue weighted by atomic mass is 35.5. The van der Waals surface area contributed by atoms with Gasteiger partial charge in [-0.3, -0.25) is 18.5 Å². The second-order valence-electron chi connectivity index (χ2n) is 6.81. The number of nitrogens with zero attached hydrogens (tertiary/aromatic N) is 3. The van der Waals surface area contributed by atoms with E-state index in [1.807, 2.05) is 30.3 Å². The van der Waals surface area contributed by atoms with E-state index in [4.69, 9.17) is 11.6 Å². The van der Waals surface area contributed by atoms with Gasteiger partial charge < -0.3 is 10.4 Å². The van der Waals surface area contributed by atoms with Gasteiger partial charge in [0.05, 0.1) is 22.0 Å². The number of fused-ring (bicyclic) bond motifs is 2. The van der Waals surface area contributed by atoms with Crippen LogP contribution in [0.25, 0.3) is 11.0 Å². The molecule has 3 aromatic heterocycles. The lowest BCUT2D eigenvalue weighted by atomic mass is 10.1. The van der Waals surface area contributed by atoms with Gasteiger partial charge in [-0.05, 0) is 23.8 Å². The van der Waals surface area contributed by atoms with Crippen LogP contribution in [-0.2, 0) is 6.54 Å². The maximum absolute atomic E-state index is 13.5. The van der Waals surface area contributed by atoms with E-state index in [1.54, 1.807) is 12.1 Å². The molecule has 0 fully saturated rings. The van der Waals surface area contributed by atoms with Crippen LogP contribution in [-0.4, -0.2) is 29.6 Å². The molecule has 4 heterocycles. The van der Waals surface area contributed by atoms with E-state index in [9.17, 15) is 19.0 Å². The molecule has 0 saturated heterocycles. The van der Waals surface area contributed by atoms with Crippen LogP contribution in [0.5, 0.6) is 5.75 Å². The van der Waals surface area contributed by atoms with Gasteiger partial charge in [0.2, 0.25) is 0 Å². The monoisotopic (exact) mass is 474 g/mol. The summed E-state index contributed by atoms with van der Waals surface area (Å²) < 4.78 is 27.0. The summed E-state index contributed by atoms with van der Waals surface area (Å²) >= 11 is 7.01. The van der Waals surface area contributed by atoms with Crippen LogP contribution in [0, 0.1) is 0 Å². The summed E-state index contributed by atoms with van der Waals surface area (Å²) in [5.41, 5.74) is 0.755. The van der Waals surface area contributed by atoms with Crippen LogP contribution in [0.1, 0.15) is 11.1 Å². The second kappa shape index (κ2) is 7.36. The molecule has 1 aliphatic heterocycles. The van der Waals surface area contributed by atoms with Crippen molar-refractivity contribution in [2.75, 3.05) is 5.32 Å². The Kier molecular flexibility index (Phi) is 4.76. The Labute approximate surface area is 186 Å². The molecule has 158 valence electrons. The number of rotatable bonds is 3. The van der Waals surface area contributed by atoms with Gasteiger partial charge in [0, 0.05) is 6.20 Å². The lowest BCUT2D eigenvalue weighted by Gasteiger charge is -2.31. The van der Waals surface area contributed by atoms with Crippen LogP contribution in [0.2, 0.25) is 4.34 Å². The van der Waals surface area contributed by atoms with Crippen molar-refractivity contribution in [1.29, 1.82) is 0 Å². The normalized spacial score (nSPS) is 15.8. The minimum absolute atomic E-state index is 0.142. The number of hydrogen-bond acceptors (Lipinski definition) is 8. The van der Waals surface area contributed by atoms with E-state index in [0.29, 0.717) is 21.1 Å². The van der Waals surface area contributed by atoms with Crippen molar-refractivity contribution >= 4 is 56.3 Å². The largest absolute Gasteiger partial charge is 0.506 e. The number of benzene rings is 1. The summed E-state index contributed by atoms with van der Waals surface area (Å²) in [6.07, 6.45) is 1.54. The van der Waals surface area contributed by atoms with Crippen molar-refractivity contribution < 1.29 is 14.2 Å². The molecule has 0 atom stereocenters. The van der Waals surface area contributed by atoms with E-state index < -0.39 is 16.3 Å². The van der Waals surface area contributed by atoms with Gasteiger partial charge in [0.1, 0.15) is 17.0 Å². The number of aromatic nitrogens is 2. The number of thiophene rings is 1. The number of nitrogens with one attached hydrogen (secondary N) is 1. The van der Waals surface area contributed by atoms with E-state index in [-0.39, 0.29) is 27.9 Å². The van der Waals surface area contributed by atoms with Crippen LogP contribution in [0.3, 0.4) is 0 Å². The smallest absolute Gasteiger partial charge is 0.267 e. The minimum atomic E-state index is -3.59. The topological polar surface area (TPSA) is 120 Å². The Morgan fingerprint density at radius 3 is 2.71 bits per heavy atom. The number of pyridine rings is 2. The Bertz CT molecular complexity index is 1420. The molecule has 0 bridgehead atoms. The van der Waals surface area contributed by atoms with Crippen molar-refractivity contribution in [2.24, 2.45) is 4.40 Å². The van der Waals surface area contributed by atoms with E-state index >= 15 is 0 Å². The highest BCUT2D eigenvalue weighted by Crippen LogP contribution is 2.59. The van der Waals surface area contributed by atoms with E-state index in [0.717, 1.165) is 16.9 Å². The summed E-state index contributed by atoms with van der Waals surface area (Å²) in [6.45, 7) is 0.208. The molecule has 0 spiro atoms. The molecule has 0 radical (unpaired) electrons. The fourth-order valence-corrected chi connectivity index (χ4v) is 6.21. The zero-order valence-electron chi connectivity index (χ0n) is 15.7. The predicted molar refractivity (Wildman–Crippen MR) is 124 cm³/mol. The predicted octanol–water partition coefficient (Wildman–Crippen LogP) is 4.76. The van der Waals surface area contributed by atoms with Crippen molar-refractivity contribution in [2.45, 2.75) is 10.8 Å². The van der Waals surface area contributed by atoms with Gasteiger partial charge in [0.15, 0.2) is 10.0 Å². The van der Waals surface area contributed by atoms with Gasteiger partial charge in [-0.1, -0.05) is 52.7 Å². The third kappa shape index (κ3) is 3.38. The molecular weight excluding hydrogens is 460 g/mol. The van der Waals surface area contributed by atoms with Gasteiger partial charge in [-0.2, -0.15) is 0 Å². The molecule has 0 amide bonds. The SMILES string of the molecule is O=c1c(C2=NS(O)(O)c3sc(Cl)cc3N2)c(O)c2cccnc2n1Cc1ccccc1. The zero-order chi connectivity index (χ0) is 21.8. The minimum Gasteiger partial charge on any atom is -0.506 e. The highest BCUT2D eigenvalue weighted by molar-refractivity contribution is 8.24. The highest BCUT2D eigenvalue weighted by Gasteiger charge is 2.32. The number of amidine groups is 1. The van der Waals surface area contributed by atoms with Crippen molar-refractivity contribution in [1.82, 2.24) is 9.55 Å². The molecule has 11 heteroatoms. The summed E-state index contributed by atoms with van der Waals surface area (Å²) in [4.78, 5) is 17.8. The average Bonchev–Trinajstić information content (AvgIpc) is 3.13. The quantitative estimate of drug-likeness (QED) is 0.339. The second-order valence-corrected chi connectivity index (χ2v) is 10.4. The van der Waals surface area contributed by atoms with Crippen LogP contribution in [0.15, 0.2) is 68.1 Å². The lowest BCUT2D eigenvalue weighted by Crippen LogP contribution is -2.32. The Morgan fingerprint density at radius 2 is 1.94 bits per heavy atom. The first-order valence-corrected chi connectivity index (χ1v) is 11.7. The standard InChI is InChI=1S/C20H15ClN4O4S2/c21-14-9-13-20(30-14)31(28,29)24-17(23-13)15-16(26)12-7-4-8-22-18(12)25(19(15)27)10-11-5-2-1-3-6-11/h1-9,26,28-29H,10H2,(H,23,24). The van der Waals surface area contributed by atoms with Gasteiger partial charge in [0.25, 0.3) is 5.56 Å². The molecule has 8 nitrogen and oxygen atoms in total. The summed E-state index contributed by atoms with van der Waals surface area (Å²) in [6, 6.07) is 14.1. The fraction of sp³-hybridized carbons (Fsp3) is 0.0500.